The lowest BCUT2D eigenvalue weighted by Crippen LogP contribution is -2.35. The molecule has 3 amide bonds. The number of carbonyl (C=O) groups excluding carboxylic acids is 2. The van der Waals surface area contributed by atoms with E-state index < -0.39 is 11.9 Å². The Morgan fingerprint density at radius 1 is 1.30 bits per heavy atom. The first-order chi connectivity index (χ1) is 9.66. The smallest absolute Gasteiger partial charge is 0.318 e. The monoisotopic (exact) mass is 292 g/mol. The highest BCUT2D eigenvalue weighted by Gasteiger charge is 2.10. The maximum Gasteiger partial charge on any atom is 0.318 e. The molecule has 1 aromatic heterocycles. The fraction of sp³-hybridized carbons (Fsp3) is 0.182. The molecular weight excluding hydrogens is 280 g/mol. The maximum absolute atomic E-state index is 11.3. The Bertz CT molecular complexity index is 600. The lowest BCUT2D eigenvalue weighted by atomic mass is 10.3. The number of nitrogens with two attached hydrogens (primary N) is 1. The number of rotatable bonds is 5. The standard InChI is InChI=1S/C11H12N6O2S/c12-10(19)13-9(18)6-7-20-11-14-15-16-17(11)8-4-2-1-3-5-8/h1-5H,6-7H2,(H3,12,13,18,19). The Labute approximate surface area is 118 Å². The van der Waals surface area contributed by atoms with E-state index in [4.69, 9.17) is 5.73 Å². The van der Waals surface area contributed by atoms with Crippen LogP contribution in [0.2, 0.25) is 0 Å². The van der Waals surface area contributed by atoms with Crippen LogP contribution >= 0.6 is 11.8 Å². The molecule has 0 aliphatic carbocycles. The van der Waals surface area contributed by atoms with Gasteiger partial charge in [0.2, 0.25) is 11.1 Å². The molecule has 0 aliphatic rings. The quantitative estimate of drug-likeness (QED) is 0.768. The van der Waals surface area contributed by atoms with E-state index in [0.29, 0.717) is 10.9 Å². The molecule has 9 heteroatoms. The van der Waals surface area contributed by atoms with Crippen LogP contribution in [0.15, 0.2) is 35.5 Å². The van der Waals surface area contributed by atoms with Crippen LogP contribution in [0, 0.1) is 0 Å². The van der Waals surface area contributed by atoms with Gasteiger partial charge in [-0.15, -0.1) is 5.10 Å². The predicted octanol–water partition coefficient (Wildman–Crippen LogP) is 0.339. The molecule has 104 valence electrons. The number of thioether (sulfide) groups is 1. The minimum atomic E-state index is -0.853. The van der Waals surface area contributed by atoms with Gasteiger partial charge in [0.1, 0.15) is 0 Å². The second-order valence-electron chi connectivity index (χ2n) is 3.72. The van der Waals surface area contributed by atoms with E-state index in [1.807, 2.05) is 35.6 Å². The third-order valence-electron chi connectivity index (χ3n) is 2.26. The number of imide groups is 1. The minimum Gasteiger partial charge on any atom is -0.351 e. The molecule has 0 saturated heterocycles. The van der Waals surface area contributed by atoms with Crippen molar-refractivity contribution in [1.82, 2.24) is 25.5 Å². The summed E-state index contributed by atoms with van der Waals surface area (Å²) in [6.07, 6.45) is 0.148. The SMILES string of the molecule is NC(=O)NC(=O)CCSc1nnnn1-c1ccccc1. The molecule has 1 aromatic carbocycles. The van der Waals surface area contributed by atoms with Crippen molar-refractivity contribution < 1.29 is 9.59 Å². The van der Waals surface area contributed by atoms with Gasteiger partial charge in [0, 0.05) is 12.2 Å². The van der Waals surface area contributed by atoms with Crippen molar-refractivity contribution >= 4 is 23.7 Å². The highest BCUT2D eigenvalue weighted by Crippen LogP contribution is 2.18. The van der Waals surface area contributed by atoms with E-state index in [0.717, 1.165) is 5.69 Å². The topological polar surface area (TPSA) is 116 Å². The van der Waals surface area contributed by atoms with Crippen molar-refractivity contribution in [3.63, 3.8) is 0 Å². The number of tetrazole rings is 1. The van der Waals surface area contributed by atoms with Crippen molar-refractivity contribution in [3.8, 4) is 5.69 Å². The zero-order valence-corrected chi connectivity index (χ0v) is 11.2. The summed E-state index contributed by atoms with van der Waals surface area (Å²) in [7, 11) is 0. The summed E-state index contributed by atoms with van der Waals surface area (Å²) in [4.78, 5) is 21.7. The van der Waals surface area contributed by atoms with Crippen molar-refractivity contribution in [2.75, 3.05) is 5.75 Å². The summed E-state index contributed by atoms with van der Waals surface area (Å²) >= 11 is 1.32. The number of para-hydroxylation sites is 1. The summed E-state index contributed by atoms with van der Waals surface area (Å²) in [6.45, 7) is 0. The van der Waals surface area contributed by atoms with Gasteiger partial charge < -0.3 is 5.73 Å². The molecule has 2 rings (SSSR count). The van der Waals surface area contributed by atoms with E-state index in [9.17, 15) is 9.59 Å². The predicted molar refractivity (Wildman–Crippen MR) is 72.2 cm³/mol. The second kappa shape index (κ2) is 6.66. The lowest BCUT2D eigenvalue weighted by Gasteiger charge is -2.03. The number of aromatic nitrogens is 4. The molecule has 0 saturated carbocycles. The number of primary amides is 1. The van der Waals surface area contributed by atoms with Crippen LogP contribution in [0.3, 0.4) is 0 Å². The number of hydrogen-bond donors (Lipinski definition) is 2. The van der Waals surface area contributed by atoms with Gasteiger partial charge in [-0.05, 0) is 22.6 Å². The molecule has 8 nitrogen and oxygen atoms in total. The van der Waals surface area contributed by atoms with Crippen LogP contribution < -0.4 is 11.1 Å². The van der Waals surface area contributed by atoms with Crippen LogP contribution in [0.1, 0.15) is 6.42 Å². The summed E-state index contributed by atoms with van der Waals surface area (Å²) < 4.78 is 1.58. The van der Waals surface area contributed by atoms with Gasteiger partial charge in [-0.3, -0.25) is 10.1 Å². The molecule has 0 atom stereocenters. The molecule has 0 fully saturated rings. The lowest BCUT2D eigenvalue weighted by molar-refractivity contribution is -0.119. The van der Waals surface area contributed by atoms with Crippen LogP contribution in [-0.2, 0) is 4.79 Å². The van der Waals surface area contributed by atoms with E-state index in [1.165, 1.54) is 11.8 Å². The number of amides is 3. The largest absolute Gasteiger partial charge is 0.351 e. The van der Waals surface area contributed by atoms with Gasteiger partial charge in [0.25, 0.3) is 0 Å². The molecule has 0 spiro atoms. The zero-order valence-electron chi connectivity index (χ0n) is 10.4. The van der Waals surface area contributed by atoms with Crippen molar-refractivity contribution in [2.45, 2.75) is 11.6 Å². The first-order valence-corrected chi connectivity index (χ1v) is 6.71. The Morgan fingerprint density at radius 2 is 2.05 bits per heavy atom. The van der Waals surface area contributed by atoms with E-state index in [1.54, 1.807) is 4.68 Å². The normalized spacial score (nSPS) is 10.2. The number of carbonyl (C=O) groups is 2. The second-order valence-corrected chi connectivity index (χ2v) is 4.78. The highest BCUT2D eigenvalue weighted by atomic mass is 32.2. The third-order valence-corrected chi connectivity index (χ3v) is 3.19. The molecule has 0 radical (unpaired) electrons. The van der Waals surface area contributed by atoms with E-state index in [2.05, 4.69) is 15.5 Å². The average Bonchev–Trinajstić information content (AvgIpc) is 2.87. The van der Waals surface area contributed by atoms with Crippen LogP contribution in [-0.4, -0.2) is 37.9 Å². The Hall–Kier alpha value is -2.42. The fourth-order valence-corrected chi connectivity index (χ4v) is 2.26. The van der Waals surface area contributed by atoms with Crippen molar-refractivity contribution in [3.05, 3.63) is 30.3 Å². The number of hydrogen-bond acceptors (Lipinski definition) is 6. The van der Waals surface area contributed by atoms with Gasteiger partial charge in [-0.2, -0.15) is 4.68 Å². The molecule has 2 aromatic rings. The van der Waals surface area contributed by atoms with Crippen molar-refractivity contribution in [1.29, 1.82) is 0 Å². The summed E-state index contributed by atoms with van der Waals surface area (Å²) in [6, 6.07) is 8.56. The first kappa shape index (κ1) is 14.0. The van der Waals surface area contributed by atoms with E-state index in [-0.39, 0.29) is 6.42 Å². The molecule has 0 aliphatic heterocycles. The van der Waals surface area contributed by atoms with Crippen LogP contribution in [0.5, 0.6) is 0 Å². The van der Waals surface area contributed by atoms with Crippen LogP contribution in [0.25, 0.3) is 5.69 Å². The Morgan fingerprint density at radius 3 is 2.75 bits per heavy atom. The maximum atomic E-state index is 11.3. The summed E-state index contributed by atoms with van der Waals surface area (Å²) in [5, 5.41) is 14.0. The third kappa shape index (κ3) is 3.79. The van der Waals surface area contributed by atoms with Crippen molar-refractivity contribution in [2.24, 2.45) is 5.73 Å². The van der Waals surface area contributed by atoms with Gasteiger partial charge in [0.05, 0.1) is 5.69 Å². The Kier molecular flexibility index (Phi) is 4.66. The molecule has 20 heavy (non-hydrogen) atoms. The van der Waals surface area contributed by atoms with Gasteiger partial charge in [-0.1, -0.05) is 30.0 Å². The highest BCUT2D eigenvalue weighted by molar-refractivity contribution is 7.99. The molecular formula is C11H12N6O2S. The molecule has 0 bridgehead atoms. The van der Waals surface area contributed by atoms with E-state index >= 15 is 0 Å². The first-order valence-electron chi connectivity index (χ1n) is 5.72. The van der Waals surface area contributed by atoms with Crippen LogP contribution in [0.4, 0.5) is 4.79 Å². The Balaban J connectivity index is 1.93. The average molecular weight is 292 g/mol. The van der Waals surface area contributed by atoms with Gasteiger partial charge >= 0.3 is 6.03 Å². The minimum absolute atomic E-state index is 0.148. The summed E-state index contributed by atoms with van der Waals surface area (Å²) in [5.41, 5.74) is 5.68. The number of benzene rings is 1. The fourth-order valence-electron chi connectivity index (χ4n) is 1.44. The zero-order chi connectivity index (χ0) is 14.4. The molecule has 1 heterocycles. The summed E-state index contributed by atoms with van der Waals surface area (Å²) in [5.74, 6) is 0.00973. The number of urea groups is 1. The number of nitrogens with zero attached hydrogens (tertiary/aromatic N) is 4. The molecule has 3 N–H and O–H groups in total. The number of nitrogens with one attached hydrogen (secondary N) is 1. The van der Waals surface area contributed by atoms with Gasteiger partial charge in [-0.25, -0.2) is 4.79 Å². The molecule has 0 unspecified atom stereocenters. The van der Waals surface area contributed by atoms with Gasteiger partial charge in [0.15, 0.2) is 0 Å².